The fraction of sp³-hybridized carbons (Fsp3) is 0.579. The predicted molar refractivity (Wildman–Crippen MR) is 104 cm³/mol. The first-order valence-corrected chi connectivity index (χ1v) is 8.90. The second-order valence-corrected chi connectivity index (χ2v) is 6.73. The number of carbonyl (C=O) groups excluding carboxylic acids is 2. The number of piperidine rings is 1. The van der Waals surface area contributed by atoms with E-state index in [1.54, 1.807) is 12.1 Å². The number of halogens is 1. The van der Waals surface area contributed by atoms with Crippen molar-refractivity contribution in [3.63, 3.8) is 0 Å². The summed E-state index contributed by atoms with van der Waals surface area (Å²) in [6.07, 6.45) is 2.88. The summed E-state index contributed by atoms with van der Waals surface area (Å²) in [5.41, 5.74) is 2.25. The molecule has 2 rings (SSSR count). The molecule has 140 valence electrons. The second kappa shape index (κ2) is 10.4. The molecule has 0 aromatic heterocycles. The van der Waals surface area contributed by atoms with Gasteiger partial charge in [0, 0.05) is 24.2 Å². The minimum absolute atomic E-state index is 0. The van der Waals surface area contributed by atoms with Crippen molar-refractivity contribution in [1.29, 1.82) is 0 Å². The number of carbonyl (C=O) groups is 2. The van der Waals surface area contributed by atoms with E-state index in [4.69, 9.17) is 0 Å². The highest BCUT2D eigenvalue weighted by molar-refractivity contribution is 5.97. The fourth-order valence-electron chi connectivity index (χ4n) is 3.19. The Morgan fingerprint density at radius 3 is 2.76 bits per heavy atom. The van der Waals surface area contributed by atoms with Crippen LogP contribution in [0.5, 0.6) is 0 Å². The van der Waals surface area contributed by atoms with Crippen LogP contribution in [0.25, 0.3) is 0 Å². The molecule has 0 aliphatic carbocycles. The second-order valence-electron chi connectivity index (χ2n) is 6.73. The summed E-state index contributed by atoms with van der Waals surface area (Å²) in [6.45, 7) is 8.64. The van der Waals surface area contributed by atoms with Crippen LogP contribution >= 0.6 is 12.4 Å². The molecule has 2 amide bonds. The Morgan fingerprint density at radius 2 is 2.12 bits per heavy atom. The van der Waals surface area contributed by atoms with Crippen LogP contribution in [0.3, 0.4) is 0 Å². The monoisotopic (exact) mass is 367 g/mol. The first-order valence-electron chi connectivity index (χ1n) is 8.90. The van der Waals surface area contributed by atoms with Gasteiger partial charge in [0.2, 0.25) is 5.91 Å². The van der Waals surface area contributed by atoms with E-state index >= 15 is 0 Å². The van der Waals surface area contributed by atoms with Crippen molar-refractivity contribution < 1.29 is 9.59 Å². The van der Waals surface area contributed by atoms with Gasteiger partial charge in [0.25, 0.3) is 5.91 Å². The molecule has 1 aromatic carbocycles. The molecule has 25 heavy (non-hydrogen) atoms. The smallest absolute Gasteiger partial charge is 0.251 e. The van der Waals surface area contributed by atoms with Gasteiger partial charge in [-0.2, -0.15) is 0 Å². The quantitative estimate of drug-likeness (QED) is 0.723. The highest BCUT2D eigenvalue weighted by Crippen LogP contribution is 2.24. The third kappa shape index (κ3) is 6.33. The van der Waals surface area contributed by atoms with Crippen LogP contribution < -0.4 is 16.0 Å². The summed E-state index contributed by atoms with van der Waals surface area (Å²) in [4.78, 5) is 24.3. The zero-order valence-electron chi connectivity index (χ0n) is 15.4. The Morgan fingerprint density at radius 1 is 1.36 bits per heavy atom. The van der Waals surface area contributed by atoms with Gasteiger partial charge < -0.3 is 16.0 Å². The van der Waals surface area contributed by atoms with Crippen LogP contribution in [0.15, 0.2) is 18.2 Å². The van der Waals surface area contributed by atoms with Crippen LogP contribution in [0, 0.1) is 18.8 Å². The van der Waals surface area contributed by atoms with Crippen LogP contribution in [0.1, 0.15) is 49.0 Å². The molecular weight excluding hydrogens is 338 g/mol. The molecule has 1 aliphatic heterocycles. The number of rotatable bonds is 6. The molecule has 0 radical (unpaired) electrons. The van der Waals surface area contributed by atoms with E-state index in [2.05, 4.69) is 22.9 Å². The van der Waals surface area contributed by atoms with Crippen LogP contribution in [0.2, 0.25) is 0 Å². The van der Waals surface area contributed by atoms with Crippen molar-refractivity contribution >= 4 is 29.9 Å². The minimum atomic E-state index is -0.116. The van der Waals surface area contributed by atoms with E-state index in [1.807, 2.05) is 19.9 Å². The van der Waals surface area contributed by atoms with Crippen molar-refractivity contribution in [2.75, 3.05) is 25.0 Å². The zero-order valence-corrected chi connectivity index (χ0v) is 16.2. The zero-order chi connectivity index (χ0) is 17.5. The van der Waals surface area contributed by atoms with E-state index in [-0.39, 0.29) is 24.2 Å². The number of hydrogen-bond acceptors (Lipinski definition) is 3. The first kappa shape index (κ1) is 21.5. The lowest BCUT2D eigenvalue weighted by Crippen LogP contribution is -2.34. The van der Waals surface area contributed by atoms with Gasteiger partial charge in [-0.15, -0.1) is 12.4 Å². The van der Waals surface area contributed by atoms with Crippen LogP contribution in [0.4, 0.5) is 5.69 Å². The molecule has 2 atom stereocenters. The minimum Gasteiger partial charge on any atom is -0.352 e. The molecule has 0 bridgehead atoms. The van der Waals surface area contributed by atoms with E-state index in [9.17, 15) is 9.59 Å². The van der Waals surface area contributed by atoms with Crippen LogP contribution in [-0.4, -0.2) is 31.4 Å². The van der Waals surface area contributed by atoms with Crippen molar-refractivity contribution in [3.8, 4) is 0 Å². The lowest BCUT2D eigenvalue weighted by atomic mass is 9.85. The van der Waals surface area contributed by atoms with Gasteiger partial charge in [-0.3, -0.25) is 9.59 Å². The molecule has 0 spiro atoms. The average Bonchev–Trinajstić information content (AvgIpc) is 2.57. The highest BCUT2D eigenvalue weighted by atomic mass is 35.5. The first-order chi connectivity index (χ1) is 11.5. The summed E-state index contributed by atoms with van der Waals surface area (Å²) in [7, 11) is 0. The number of hydrogen-bond donors (Lipinski definition) is 3. The largest absolute Gasteiger partial charge is 0.352 e. The molecule has 0 saturated carbocycles. The maximum absolute atomic E-state index is 12.4. The Bertz CT molecular complexity index is 586. The molecule has 1 saturated heterocycles. The van der Waals surface area contributed by atoms with Gasteiger partial charge in [-0.25, -0.2) is 0 Å². The molecule has 1 aliphatic rings. The molecule has 5 nitrogen and oxygen atoms in total. The summed E-state index contributed by atoms with van der Waals surface area (Å²) < 4.78 is 0. The van der Waals surface area contributed by atoms with E-state index < -0.39 is 0 Å². The van der Waals surface area contributed by atoms with Gasteiger partial charge in [0.05, 0.1) is 0 Å². The van der Waals surface area contributed by atoms with Gasteiger partial charge >= 0.3 is 0 Å². The number of amides is 2. The third-order valence-electron chi connectivity index (χ3n) is 4.76. The summed E-state index contributed by atoms with van der Waals surface area (Å²) in [5, 5.41) is 9.16. The van der Waals surface area contributed by atoms with Gasteiger partial charge in [-0.05, 0) is 69.3 Å². The average molecular weight is 368 g/mol. The van der Waals surface area contributed by atoms with Crippen molar-refractivity contribution in [3.05, 3.63) is 29.3 Å². The molecule has 1 fully saturated rings. The molecule has 6 heteroatoms. The fourth-order valence-corrected chi connectivity index (χ4v) is 3.19. The Balaban J connectivity index is 0.00000312. The lowest BCUT2D eigenvalue weighted by Gasteiger charge is -2.28. The third-order valence-corrected chi connectivity index (χ3v) is 4.76. The molecule has 2 unspecified atom stereocenters. The SMILES string of the molecule is CCNC(=O)c1ccc(C)c(NC(=O)CC(C)C2CCCNC2)c1.Cl. The van der Waals surface area contributed by atoms with Crippen molar-refractivity contribution in [2.24, 2.45) is 11.8 Å². The molecular formula is C19H30ClN3O2. The molecule has 3 N–H and O–H groups in total. The van der Waals surface area contributed by atoms with E-state index in [0.717, 1.165) is 24.3 Å². The Labute approximate surface area is 156 Å². The van der Waals surface area contributed by atoms with Crippen molar-refractivity contribution in [1.82, 2.24) is 10.6 Å². The van der Waals surface area contributed by atoms with Crippen LogP contribution in [-0.2, 0) is 4.79 Å². The highest BCUT2D eigenvalue weighted by Gasteiger charge is 2.22. The van der Waals surface area contributed by atoms with Crippen molar-refractivity contribution in [2.45, 2.75) is 40.0 Å². The van der Waals surface area contributed by atoms with Gasteiger partial charge in [0.15, 0.2) is 0 Å². The van der Waals surface area contributed by atoms with Gasteiger partial charge in [0.1, 0.15) is 0 Å². The Kier molecular flexibility index (Phi) is 8.93. The summed E-state index contributed by atoms with van der Waals surface area (Å²) in [5.74, 6) is 0.816. The number of anilines is 1. The maximum atomic E-state index is 12.4. The van der Waals surface area contributed by atoms with E-state index in [1.165, 1.54) is 12.8 Å². The number of benzene rings is 1. The summed E-state index contributed by atoms with van der Waals surface area (Å²) >= 11 is 0. The topological polar surface area (TPSA) is 70.2 Å². The summed E-state index contributed by atoms with van der Waals surface area (Å²) in [6, 6.07) is 5.41. The standard InChI is InChI=1S/C19H29N3O2.ClH/c1-4-21-19(24)15-8-7-13(2)17(11-15)22-18(23)10-14(3)16-6-5-9-20-12-16;/h7-8,11,14,16,20H,4-6,9-10,12H2,1-3H3,(H,21,24)(H,22,23);1H. The Hall–Kier alpha value is -1.59. The number of nitrogens with one attached hydrogen (secondary N) is 3. The molecule has 1 aromatic rings. The van der Waals surface area contributed by atoms with E-state index in [0.29, 0.717) is 30.4 Å². The number of aryl methyl sites for hydroxylation is 1. The van der Waals surface area contributed by atoms with Gasteiger partial charge in [-0.1, -0.05) is 13.0 Å². The normalized spacial score (nSPS) is 18.0. The maximum Gasteiger partial charge on any atom is 0.251 e. The lowest BCUT2D eigenvalue weighted by molar-refractivity contribution is -0.117. The molecule has 1 heterocycles. The predicted octanol–water partition coefficient (Wildman–Crippen LogP) is 3.13.